The van der Waals surface area contributed by atoms with Gasteiger partial charge in [-0.15, -0.1) is 0 Å². The molecule has 0 aliphatic heterocycles. The molecular weight excluding hydrogens is 236 g/mol. The van der Waals surface area contributed by atoms with Crippen LogP contribution in [0, 0.1) is 22.7 Å². The van der Waals surface area contributed by atoms with Crippen molar-refractivity contribution in [2.24, 2.45) is 22.7 Å². The zero-order chi connectivity index (χ0) is 14.3. The van der Waals surface area contributed by atoms with Crippen LogP contribution in [0.2, 0.25) is 0 Å². The fourth-order valence-electron chi connectivity index (χ4n) is 4.72. The van der Waals surface area contributed by atoms with Crippen molar-refractivity contribution in [1.82, 2.24) is 0 Å². The van der Waals surface area contributed by atoms with Crippen LogP contribution in [-0.4, -0.2) is 12.6 Å². The van der Waals surface area contributed by atoms with Crippen LogP contribution in [0.4, 0.5) is 0 Å². The largest absolute Gasteiger partial charge is 0.466 e. The Labute approximate surface area is 117 Å². The third kappa shape index (κ3) is 2.34. The molecule has 0 aromatic rings. The summed E-state index contributed by atoms with van der Waals surface area (Å²) in [7, 11) is 0. The van der Waals surface area contributed by atoms with Crippen molar-refractivity contribution in [3.8, 4) is 0 Å². The fourth-order valence-corrected chi connectivity index (χ4v) is 4.72. The van der Waals surface area contributed by atoms with Gasteiger partial charge in [-0.25, -0.2) is 0 Å². The van der Waals surface area contributed by atoms with Crippen LogP contribution in [0.25, 0.3) is 0 Å². The van der Waals surface area contributed by atoms with E-state index < -0.39 is 0 Å². The number of rotatable bonds is 2. The summed E-state index contributed by atoms with van der Waals surface area (Å²) in [6, 6.07) is 0. The highest BCUT2D eigenvalue weighted by molar-refractivity contribution is 5.77. The normalized spacial score (nSPS) is 37.2. The minimum Gasteiger partial charge on any atom is -0.466 e. The second kappa shape index (κ2) is 4.96. The van der Waals surface area contributed by atoms with Gasteiger partial charge in [0.1, 0.15) is 0 Å². The zero-order valence-electron chi connectivity index (χ0n) is 13.1. The molecule has 0 unspecified atom stereocenters. The molecule has 0 heterocycles. The lowest BCUT2D eigenvalue weighted by Crippen LogP contribution is -2.51. The maximum atomic E-state index is 12.4. The minimum atomic E-state index is -0.0363. The highest BCUT2D eigenvalue weighted by Crippen LogP contribution is 2.59. The van der Waals surface area contributed by atoms with Crippen LogP contribution in [0.5, 0.6) is 0 Å². The van der Waals surface area contributed by atoms with E-state index >= 15 is 0 Å². The van der Waals surface area contributed by atoms with Crippen LogP contribution >= 0.6 is 0 Å². The summed E-state index contributed by atoms with van der Waals surface area (Å²) in [6.07, 6.45) is 7.04. The molecule has 108 valence electrons. The molecule has 0 bridgehead atoms. The van der Waals surface area contributed by atoms with Gasteiger partial charge in [0.25, 0.3) is 0 Å². The molecule has 3 atom stereocenters. The average Bonchev–Trinajstić information content (AvgIpc) is 2.27. The lowest BCUT2D eigenvalue weighted by molar-refractivity contribution is -0.157. The molecule has 0 amide bonds. The first-order valence-corrected chi connectivity index (χ1v) is 7.66. The van der Waals surface area contributed by atoms with Crippen molar-refractivity contribution in [2.45, 2.75) is 60.3 Å². The fraction of sp³-hybridized carbons (Fsp3) is 0.824. The van der Waals surface area contributed by atoms with Crippen molar-refractivity contribution in [2.75, 3.05) is 6.61 Å². The Bertz CT molecular complexity index is 394. The van der Waals surface area contributed by atoms with Crippen molar-refractivity contribution in [3.63, 3.8) is 0 Å². The Kier molecular flexibility index (Phi) is 3.81. The predicted octanol–water partition coefficient (Wildman–Crippen LogP) is 4.35. The first-order valence-electron chi connectivity index (χ1n) is 7.66. The standard InChI is InChI=1S/C17H28O2/c1-6-19-15(18)14-12(2)8-9-13-16(3,4)10-7-11-17(13,14)5/h8,13-14H,6-7,9-11H2,1-5H3/t13-,14+,17-/m1/s1. The second-order valence-electron chi connectivity index (χ2n) is 7.27. The number of esters is 1. The molecule has 0 radical (unpaired) electrons. The average molecular weight is 264 g/mol. The van der Waals surface area contributed by atoms with Gasteiger partial charge in [-0.1, -0.05) is 38.8 Å². The van der Waals surface area contributed by atoms with Gasteiger partial charge in [-0.2, -0.15) is 0 Å². The molecule has 2 rings (SSSR count). The van der Waals surface area contributed by atoms with Crippen LogP contribution in [0.1, 0.15) is 60.3 Å². The molecule has 2 nitrogen and oxygen atoms in total. The quantitative estimate of drug-likeness (QED) is 0.547. The van der Waals surface area contributed by atoms with E-state index in [0.29, 0.717) is 17.9 Å². The molecule has 2 aliphatic rings. The lowest BCUT2D eigenvalue weighted by Gasteiger charge is -2.55. The van der Waals surface area contributed by atoms with E-state index in [1.807, 2.05) is 6.92 Å². The van der Waals surface area contributed by atoms with Crippen LogP contribution in [-0.2, 0) is 9.53 Å². The maximum absolute atomic E-state index is 12.4. The molecule has 0 N–H and O–H groups in total. The van der Waals surface area contributed by atoms with Gasteiger partial charge in [0.15, 0.2) is 0 Å². The summed E-state index contributed by atoms with van der Waals surface area (Å²) < 4.78 is 5.35. The highest BCUT2D eigenvalue weighted by atomic mass is 16.5. The van der Waals surface area contributed by atoms with Crippen molar-refractivity contribution >= 4 is 5.97 Å². The number of fused-ring (bicyclic) bond motifs is 1. The maximum Gasteiger partial charge on any atom is 0.313 e. The van der Waals surface area contributed by atoms with E-state index in [-0.39, 0.29) is 17.3 Å². The Balaban J connectivity index is 2.39. The molecule has 0 aromatic carbocycles. The van der Waals surface area contributed by atoms with Crippen LogP contribution in [0.3, 0.4) is 0 Å². The zero-order valence-corrected chi connectivity index (χ0v) is 13.1. The van der Waals surface area contributed by atoms with E-state index in [4.69, 9.17) is 4.74 Å². The monoisotopic (exact) mass is 264 g/mol. The molecule has 1 fully saturated rings. The van der Waals surface area contributed by atoms with Crippen molar-refractivity contribution in [1.29, 1.82) is 0 Å². The lowest BCUT2D eigenvalue weighted by atomic mass is 9.49. The Morgan fingerprint density at radius 2 is 2.05 bits per heavy atom. The molecule has 0 saturated heterocycles. The van der Waals surface area contributed by atoms with Gasteiger partial charge in [0.2, 0.25) is 0 Å². The molecule has 0 aromatic heterocycles. The minimum absolute atomic E-state index is 0.0128. The van der Waals surface area contributed by atoms with E-state index in [0.717, 1.165) is 12.8 Å². The smallest absolute Gasteiger partial charge is 0.313 e. The van der Waals surface area contributed by atoms with Crippen molar-refractivity contribution in [3.05, 3.63) is 11.6 Å². The predicted molar refractivity (Wildman–Crippen MR) is 77.7 cm³/mol. The molecule has 19 heavy (non-hydrogen) atoms. The van der Waals surface area contributed by atoms with Gasteiger partial charge in [0.05, 0.1) is 12.5 Å². The third-order valence-electron chi connectivity index (χ3n) is 5.59. The summed E-state index contributed by atoms with van der Waals surface area (Å²) in [4.78, 5) is 12.4. The number of carbonyl (C=O) groups is 1. The van der Waals surface area contributed by atoms with Gasteiger partial charge in [-0.05, 0) is 49.9 Å². The Hall–Kier alpha value is -0.790. The van der Waals surface area contributed by atoms with Crippen LogP contribution < -0.4 is 0 Å². The number of ether oxygens (including phenoxy) is 1. The van der Waals surface area contributed by atoms with Gasteiger partial charge in [0, 0.05) is 0 Å². The second-order valence-corrected chi connectivity index (χ2v) is 7.27. The van der Waals surface area contributed by atoms with Crippen LogP contribution in [0.15, 0.2) is 11.6 Å². The van der Waals surface area contributed by atoms with E-state index in [1.165, 1.54) is 18.4 Å². The SMILES string of the molecule is CCOC(=O)[C@@H]1C(C)=CC[C@@H]2C(C)(C)CCC[C@@]12C. The molecular formula is C17H28O2. The molecule has 2 heteroatoms. The van der Waals surface area contributed by atoms with Gasteiger partial charge < -0.3 is 4.74 Å². The van der Waals surface area contributed by atoms with E-state index in [9.17, 15) is 4.79 Å². The van der Waals surface area contributed by atoms with E-state index in [1.54, 1.807) is 0 Å². The third-order valence-corrected chi connectivity index (χ3v) is 5.59. The number of hydrogen-bond acceptors (Lipinski definition) is 2. The topological polar surface area (TPSA) is 26.3 Å². The number of carbonyl (C=O) groups excluding carboxylic acids is 1. The molecule has 0 spiro atoms. The van der Waals surface area contributed by atoms with Gasteiger partial charge in [-0.3, -0.25) is 4.79 Å². The summed E-state index contributed by atoms with van der Waals surface area (Å²) in [5.74, 6) is 0.541. The number of hydrogen-bond donors (Lipinski definition) is 0. The summed E-state index contributed by atoms with van der Waals surface area (Å²) in [5.41, 5.74) is 1.62. The Morgan fingerprint density at radius 1 is 1.37 bits per heavy atom. The van der Waals surface area contributed by atoms with Gasteiger partial charge >= 0.3 is 5.97 Å². The summed E-state index contributed by atoms with van der Waals surface area (Å²) in [5, 5.41) is 0. The molecule has 2 aliphatic carbocycles. The number of allylic oxidation sites excluding steroid dienone is 1. The molecule has 1 saturated carbocycles. The van der Waals surface area contributed by atoms with E-state index in [2.05, 4.69) is 33.8 Å². The summed E-state index contributed by atoms with van der Waals surface area (Å²) in [6.45, 7) is 11.5. The van der Waals surface area contributed by atoms with Crippen molar-refractivity contribution < 1.29 is 9.53 Å². The summed E-state index contributed by atoms with van der Waals surface area (Å²) >= 11 is 0. The first-order chi connectivity index (χ1) is 8.83. The first kappa shape index (κ1) is 14.6. The Morgan fingerprint density at radius 3 is 2.68 bits per heavy atom. The highest BCUT2D eigenvalue weighted by Gasteiger charge is 2.54.